The van der Waals surface area contributed by atoms with Crippen LogP contribution in [0.5, 0.6) is 5.75 Å². The molecule has 0 aromatic heterocycles. The predicted octanol–water partition coefficient (Wildman–Crippen LogP) is 1.15. The van der Waals surface area contributed by atoms with Gasteiger partial charge in [-0.1, -0.05) is 18.2 Å². The van der Waals surface area contributed by atoms with Crippen LogP contribution in [-0.2, 0) is 6.54 Å². The molecule has 102 valence electrons. The number of hydrogen-bond acceptors (Lipinski definition) is 4. The van der Waals surface area contributed by atoms with Crippen LogP contribution in [0.2, 0.25) is 0 Å². The summed E-state index contributed by atoms with van der Waals surface area (Å²) in [4.78, 5) is 0. The molecule has 0 amide bonds. The summed E-state index contributed by atoms with van der Waals surface area (Å²) in [5, 5.41) is 15.6. The molecule has 0 aliphatic rings. The highest BCUT2D eigenvalue weighted by Crippen LogP contribution is 2.17. The molecule has 0 saturated heterocycles. The molecule has 0 bridgehead atoms. The highest BCUT2D eigenvalue weighted by atomic mass is 16.5. The summed E-state index contributed by atoms with van der Waals surface area (Å²) in [7, 11) is 0. The van der Waals surface area contributed by atoms with Crippen LogP contribution in [0, 0.1) is 0 Å². The minimum Gasteiger partial charge on any atom is -0.494 e. The van der Waals surface area contributed by atoms with Crippen molar-refractivity contribution in [3.8, 4) is 5.75 Å². The average molecular weight is 252 g/mol. The Balaban J connectivity index is 2.22. The van der Waals surface area contributed by atoms with Crippen LogP contribution in [0.4, 0.5) is 0 Å². The molecule has 0 heterocycles. The Morgan fingerprint density at radius 3 is 2.67 bits per heavy atom. The third-order valence-electron chi connectivity index (χ3n) is 2.51. The van der Waals surface area contributed by atoms with Gasteiger partial charge < -0.3 is 20.5 Å². The molecule has 0 spiro atoms. The Morgan fingerprint density at radius 1 is 1.22 bits per heavy atom. The van der Waals surface area contributed by atoms with Crippen LogP contribution in [0.1, 0.15) is 19.4 Å². The molecule has 0 radical (unpaired) electrons. The second-order valence-corrected chi connectivity index (χ2v) is 4.27. The van der Waals surface area contributed by atoms with Gasteiger partial charge >= 0.3 is 0 Å². The first kappa shape index (κ1) is 15.0. The third kappa shape index (κ3) is 6.00. The van der Waals surface area contributed by atoms with Crippen molar-refractivity contribution in [2.45, 2.75) is 26.5 Å². The lowest BCUT2D eigenvalue weighted by molar-refractivity contribution is 0.191. The van der Waals surface area contributed by atoms with E-state index in [0.29, 0.717) is 13.2 Å². The number of hydrogen-bond donors (Lipinski definition) is 3. The zero-order valence-electron chi connectivity index (χ0n) is 11.3. The van der Waals surface area contributed by atoms with Crippen LogP contribution in [0.3, 0.4) is 0 Å². The minimum absolute atomic E-state index is 0.288. The second-order valence-electron chi connectivity index (χ2n) is 4.27. The molecular weight excluding hydrogens is 228 g/mol. The average Bonchev–Trinajstić information content (AvgIpc) is 2.35. The lowest BCUT2D eigenvalue weighted by Gasteiger charge is -2.11. The van der Waals surface area contributed by atoms with Gasteiger partial charge in [0.05, 0.1) is 12.7 Å². The summed E-state index contributed by atoms with van der Waals surface area (Å²) in [6.07, 6.45) is -0.288. The summed E-state index contributed by atoms with van der Waals surface area (Å²) >= 11 is 0. The Kier molecular flexibility index (Phi) is 7.41. The maximum Gasteiger partial charge on any atom is 0.123 e. The summed E-state index contributed by atoms with van der Waals surface area (Å²) in [6, 6.07) is 8.07. The number of aliphatic hydroxyl groups excluding tert-OH is 1. The van der Waals surface area contributed by atoms with E-state index >= 15 is 0 Å². The third-order valence-corrected chi connectivity index (χ3v) is 2.51. The van der Waals surface area contributed by atoms with E-state index in [-0.39, 0.29) is 6.10 Å². The highest BCUT2D eigenvalue weighted by Gasteiger charge is 2.01. The molecule has 4 heteroatoms. The van der Waals surface area contributed by atoms with E-state index < -0.39 is 0 Å². The van der Waals surface area contributed by atoms with E-state index in [1.165, 1.54) is 5.56 Å². The quantitative estimate of drug-likeness (QED) is 0.577. The lowest BCUT2D eigenvalue weighted by Crippen LogP contribution is -2.31. The molecule has 4 nitrogen and oxygen atoms in total. The first-order valence-electron chi connectivity index (χ1n) is 6.54. The van der Waals surface area contributed by atoms with E-state index in [9.17, 15) is 0 Å². The number of ether oxygens (including phenoxy) is 1. The zero-order valence-corrected chi connectivity index (χ0v) is 11.3. The van der Waals surface area contributed by atoms with Gasteiger partial charge in [-0.15, -0.1) is 0 Å². The number of para-hydroxylation sites is 1. The molecule has 0 unspecified atom stereocenters. The summed E-state index contributed by atoms with van der Waals surface area (Å²) < 4.78 is 5.56. The van der Waals surface area contributed by atoms with Crippen molar-refractivity contribution >= 4 is 0 Å². The fourth-order valence-corrected chi connectivity index (χ4v) is 1.66. The maximum atomic E-state index is 9.08. The summed E-state index contributed by atoms with van der Waals surface area (Å²) in [5.74, 6) is 0.949. The van der Waals surface area contributed by atoms with Crippen LogP contribution in [0.15, 0.2) is 24.3 Å². The molecule has 1 atom stereocenters. The monoisotopic (exact) mass is 252 g/mol. The Bertz CT molecular complexity index is 329. The molecule has 1 rings (SSSR count). The number of aliphatic hydroxyl groups is 1. The first-order chi connectivity index (χ1) is 8.74. The topological polar surface area (TPSA) is 53.5 Å². The number of benzene rings is 1. The van der Waals surface area contributed by atoms with Crippen molar-refractivity contribution in [2.24, 2.45) is 0 Å². The largest absolute Gasteiger partial charge is 0.494 e. The number of nitrogens with one attached hydrogen (secondary N) is 2. The van der Waals surface area contributed by atoms with Gasteiger partial charge in [-0.3, -0.25) is 0 Å². The maximum absolute atomic E-state index is 9.08. The Hall–Kier alpha value is -1.10. The fourth-order valence-electron chi connectivity index (χ4n) is 1.66. The van der Waals surface area contributed by atoms with E-state index in [1.54, 1.807) is 6.92 Å². The molecule has 0 aliphatic heterocycles. The van der Waals surface area contributed by atoms with Crippen molar-refractivity contribution in [3.63, 3.8) is 0 Å². The molecule has 1 aromatic rings. The molecule has 1 aromatic carbocycles. The van der Waals surface area contributed by atoms with Gasteiger partial charge in [0.1, 0.15) is 5.75 Å². The van der Waals surface area contributed by atoms with Gasteiger partial charge in [-0.2, -0.15) is 0 Å². The van der Waals surface area contributed by atoms with Crippen molar-refractivity contribution in [2.75, 3.05) is 26.2 Å². The number of rotatable bonds is 9. The van der Waals surface area contributed by atoms with Gasteiger partial charge in [-0.25, -0.2) is 0 Å². The molecule has 18 heavy (non-hydrogen) atoms. The second kappa shape index (κ2) is 8.91. The Labute approximate surface area is 109 Å². The Morgan fingerprint density at radius 2 is 1.94 bits per heavy atom. The van der Waals surface area contributed by atoms with E-state index in [1.807, 2.05) is 25.1 Å². The molecule has 3 N–H and O–H groups in total. The van der Waals surface area contributed by atoms with Crippen molar-refractivity contribution in [1.29, 1.82) is 0 Å². The van der Waals surface area contributed by atoms with Gasteiger partial charge in [0.2, 0.25) is 0 Å². The highest BCUT2D eigenvalue weighted by molar-refractivity contribution is 5.33. The first-order valence-corrected chi connectivity index (χ1v) is 6.54. The van der Waals surface area contributed by atoms with E-state index in [0.717, 1.165) is 25.4 Å². The SMILES string of the molecule is CCOc1ccccc1CNCCNC[C@H](C)O. The van der Waals surface area contributed by atoms with Gasteiger partial charge in [0, 0.05) is 31.7 Å². The fraction of sp³-hybridized carbons (Fsp3) is 0.571. The normalized spacial score (nSPS) is 12.4. The van der Waals surface area contributed by atoms with Crippen molar-refractivity contribution in [3.05, 3.63) is 29.8 Å². The van der Waals surface area contributed by atoms with Gasteiger partial charge in [0.15, 0.2) is 0 Å². The standard InChI is InChI=1S/C14H24N2O2/c1-3-18-14-7-5-4-6-13(14)11-16-9-8-15-10-12(2)17/h4-7,12,15-17H,3,8-11H2,1-2H3/t12-/m0/s1. The minimum atomic E-state index is -0.288. The van der Waals surface area contributed by atoms with Crippen LogP contribution in [-0.4, -0.2) is 37.5 Å². The molecule has 0 fully saturated rings. The molecule has 0 saturated carbocycles. The zero-order chi connectivity index (χ0) is 13.2. The van der Waals surface area contributed by atoms with E-state index in [2.05, 4.69) is 16.7 Å². The smallest absolute Gasteiger partial charge is 0.123 e. The van der Waals surface area contributed by atoms with E-state index in [4.69, 9.17) is 9.84 Å². The molecule has 0 aliphatic carbocycles. The molecular formula is C14H24N2O2. The van der Waals surface area contributed by atoms with Crippen molar-refractivity contribution < 1.29 is 9.84 Å². The van der Waals surface area contributed by atoms with Crippen LogP contribution < -0.4 is 15.4 Å². The van der Waals surface area contributed by atoms with Gasteiger partial charge in [-0.05, 0) is 19.9 Å². The van der Waals surface area contributed by atoms with Crippen LogP contribution >= 0.6 is 0 Å². The summed E-state index contributed by atoms with van der Waals surface area (Å²) in [5.41, 5.74) is 1.18. The summed E-state index contributed by atoms with van der Waals surface area (Å²) in [6.45, 7) is 7.61. The van der Waals surface area contributed by atoms with Crippen LogP contribution in [0.25, 0.3) is 0 Å². The predicted molar refractivity (Wildman–Crippen MR) is 73.9 cm³/mol. The lowest BCUT2D eigenvalue weighted by atomic mass is 10.2. The van der Waals surface area contributed by atoms with Gasteiger partial charge in [0.25, 0.3) is 0 Å². The van der Waals surface area contributed by atoms with Crippen molar-refractivity contribution in [1.82, 2.24) is 10.6 Å².